The number of hydrogen-bond acceptors (Lipinski definition) is 8. The van der Waals surface area contributed by atoms with E-state index in [-0.39, 0.29) is 22.4 Å². The molecule has 0 amide bonds. The molecule has 1 rings (SSSR count). The summed E-state index contributed by atoms with van der Waals surface area (Å²) >= 11 is 0. The highest BCUT2D eigenvalue weighted by molar-refractivity contribution is 6.95. The highest BCUT2D eigenvalue weighted by Crippen LogP contribution is 2.41. The summed E-state index contributed by atoms with van der Waals surface area (Å²) in [4.78, 5) is 0. The smallest absolute Gasteiger partial charge is 0.347 e. The molecular weight excluding hydrogens is 625 g/mol. The standard InChI is InChI=1S/C32H72O8Si4/c1-17-21-41(25-33-29(5,6)7)37-42(22-18-2,26-34-30(8,9)10)39-44(24-20-4,28-36-32(14,15)16)40-43(38-41,23-19-3)27-35-31(11,12)13/h17-28H2,1-16H3. The van der Waals surface area contributed by atoms with Crippen molar-refractivity contribution in [3.05, 3.63) is 0 Å². The quantitative estimate of drug-likeness (QED) is 0.148. The van der Waals surface area contributed by atoms with Crippen LogP contribution in [0.3, 0.4) is 0 Å². The molecule has 1 saturated heterocycles. The molecular formula is C32H72O8Si4. The minimum Gasteiger partial charge on any atom is -0.413 e. The highest BCUT2D eigenvalue weighted by Gasteiger charge is 2.63. The molecule has 1 heterocycles. The number of rotatable bonds is 16. The lowest BCUT2D eigenvalue weighted by molar-refractivity contribution is -0.0153. The van der Waals surface area contributed by atoms with Gasteiger partial charge < -0.3 is 35.4 Å². The average molecular weight is 697 g/mol. The Kier molecular flexibility index (Phi) is 16.2. The molecule has 0 radical (unpaired) electrons. The maximum atomic E-state index is 7.67. The second-order valence-electron chi connectivity index (χ2n) is 16.7. The molecule has 12 heteroatoms. The monoisotopic (exact) mass is 696 g/mol. The van der Waals surface area contributed by atoms with Crippen molar-refractivity contribution >= 4 is 34.2 Å². The minimum atomic E-state index is -3.09. The Morgan fingerprint density at radius 2 is 0.500 bits per heavy atom. The second kappa shape index (κ2) is 16.8. The average Bonchev–Trinajstić information content (AvgIpc) is 2.82. The van der Waals surface area contributed by atoms with Gasteiger partial charge in [0.25, 0.3) is 0 Å². The summed E-state index contributed by atoms with van der Waals surface area (Å²) in [5.41, 5.74) is -1.39. The van der Waals surface area contributed by atoms with Gasteiger partial charge in [0.1, 0.15) is 0 Å². The molecule has 0 atom stereocenters. The van der Waals surface area contributed by atoms with Gasteiger partial charge in [-0.05, 0) is 107 Å². The Balaban J connectivity index is 4.08. The molecule has 0 N–H and O–H groups in total. The van der Waals surface area contributed by atoms with Gasteiger partial charge in [-0.15, -0.1) is 0 Å². The summed E-state index contributed by atoms with van der Waals surface area (Å²) < 4.78 is 57.1. The zero-order chi connectivity index (χ0) is 34.1. The summed E-state index contributed by atoms with van der Waals surface area (Å²) in [6.07, 6.45) is 5.32. The van der Waals surface area contributed by atoms with E-state index in [0.29, 0.717) is 24.9 Å². The lowest BCUT2D eigenvalue weighted by atomic mass is 10.2. The molecule has 0 aromatic heterocycles. The van der Waals surface area contributed by atoms with Gasteiger partial charge in [-0.1, -0.05) is 53.4 Å². The van der Waals surface area contributed by atoms with Gasteiger partial charge in [0.2, 0.25) is 0 Å². The normalized spacial score (nSPS) is 29.5. The van der Waals surface area contributed by atoms with Crippen LogP contribution in [0.1, 0.15) is 136 Å². The molecule has 1 fully saturated rings. The third kappa shape index (κ3) is 15.6. The summed E-state index contributed by atoms with van der Waals surface area (Å²) in [6.45, 7) is 34.0. The summed E-state index contributed by atoms with van der Waals surface area (Å²) in [5.74, 6) is 0. The van der Waals surface area contributed by atoms with Crippen LogP contribution in [0.2, 0.25) is 24.2 Å². The van der Waals surface area contributed by atoms with Gasteiger partial charge in [-0.3, -0.25) is 0 Å². The van der Waals surface area contributed by atoms with E-state index in [9.17, 15) is 0 Å². The van der Waals surface area contributed by atoms with E-state index in [4.69, 9.17) is 35.4 Å². The lowest BCUT2D eigenvalue weighted by Crippen LogP contribution is -2.75. The van der Waals surface area contributed by atoms with E-state index in [1.165, 1.54) is 0 Å². The summed E-state index contributed by atoms with van der Waals surface area (Å²) in [5, 5.41) is 0. The third-order valence-electron chi connectivity index (χ3n) is 6.91. The SMILES string of the molecule is CCC[Si]1(COC(C)(C)C)O[Si](CCC)(COC(C)(C)C)O[Si](CCC)(COC(C)(C)C)O[Si](CCC)(COC(C)(C)C)O1. The Labute approximate surface area is 276 Å². The Bertz CT molecular complexity index is 686. The molecule has 44 heavy (non-hydrogen) atoms. The molecule has 1 aliphatic rings. The Morgan fingerprint density at radius 3 is 0.614 bits per heavy atom. The van der Waals surface area contributed by atoms with Crippen LogP contribution in [0.25, 0.3) is 0 Å². The van der Waals surface area contributed by atoms with Crippen molar-refractivity contribution in [2.45, 2.75) is 183 Å². The molecule has 8 nitrogen and oxygen atoms in total. The molecule has 0 unspecified atom stereocenters. The van der Waals surface area contributed by atoms with Crippen LogP contribution in [0.5, 0.6) is 0 Å². The first-order valence-corrected chi connectivity index (χ1v) is 26.2. The Morgan fingerprint density at radius 1 is 0.341 bits per heavy atom. The van der Waals surface area contributed by atoms with Crippen LogP contribution >= 0.6 is 0 Å². The predicted molar refractivity (Wildman–Crippen MR) is 191 cm³/mol. The fraction of sp³-hybridized carbons (Fsp3) is 1.00. The third-order valence-corrected chi connectivity index (χ3v) is 26.2. The first-order valence-electron chi connectivity index (χ1n) is 17.3. The molecule has 264 valence electrons. The molecule has 0 bridgehead atoms. The first-order chi connectivity index (χ1) is 19.9. The van der Waals surface area contributed by atoms with Gasteiger partial charge in [0.05, 0.1) is 47.3 Å². The van der Waals surface area contributed by atoms with E-state index in [0.717, 1.165) is 49.9 Å². The lowest BCUT2D eigenvalue weighted by Gasteiger charge is -2.54. The molecule has 0 spiro atoms. The van der Waals surface area contributed by atoms with Crippen molar-refractivity contribution in [3.8, 4) is 0 Å². The molecule has 0 aliphatic carbocycles. The van der Waals surface area contributed by atoms with Crippen molar-refractivity contribution in [2.75, 3.05) is 24.9 Å². The number of hydrogen-bond donors (Lipinski definition) is 0. The van der Waals surface area contributed by atoms with Crippen LogP contribution in [0.15, 0.2) is 0 Å². The van der Waals surface area contributed by atoms with Crippen molar-refractivity contribution < 1.29 is 35.4 Å². The van der Waals surface area contributed by atoms with Crippen LogP contribution < -0.4 is 0 Å². The Hall–Kier alpha value is 0.548. The van der Waals surface area contributed by atoms with Crippen LogP contribution in [-0.2, 0) is 35.4 Å². The minimum absolute atomic E-state index is 0.348. The zero-order valence-electron chi connectivity index (χ0n) is 31.8. The van der Waals surface area contributed by atoms with Gasteiger partial charge in [-0.2, -0.15) is 0 Å². The topological polar surface area (TPSA) is 73.8 Å². The molecule has 0 aromatic rings. The van der Waals surface area contributed by atoms with Crippen LogP contribution in [0.4, 0.5) is 0 Å². The second-order valence-corrected chi connectivity index (χ2v) is 30.4. The van der Waals surface area contributed by atoms with Gasteiger partial charge in [0, 0.05) is 0 Å². The van der Waals surface area contributed by atoms with Crippen molar-refractivity contribution in [1.29, 1.82) is 0 Å². The van der Waals surface area contributed by atoms with Crippen molar-refractivity contribution in [1.82, 2.24) is 0 Å². The largest absolute Gasteiger partial charge is 0.413 e. The molecule has 0 aromatic carbocycles. The molecule has 0 saturated carbocycles. The van der Waals surface area contributed by atoms with Crippen LogP contribution in [-0.4, -0.2) is 81.6 Å². The van der Waals surface area contributed by atoms with E-state index in [2.05, 4.69) is 111 Å². The molecule has 1 aliphatic heterocycles. The van der Waals surface area contributed by atoms with E-state index < -0.39 is 34.2 Å². The zero-order valence-corrected chi connectivity index (χ0v) is 35.8. The fourth-order valence-corrected chi connectivity index (χ4v) is 29.6. The van der Waals surface area contributed by atoms with Gasteiger partial charge in [-0.25, -0.2) is 0 Å². The van der Waals surface area contributed by atoms with Crippen molar-refractivity contribution in [3.63, 3.8) is 0 Å². The summed E-state index contributed by atoms with van der Waals surface area (Å²) in [6, 6.07) is 3.16. The number of ether oxygens (including phenoxy) is 4. The maximum Gasteiger partial charge on any atom is 0.347 e. The summed E-state index contributed by atoms with van der Waals surface area (Å²) in [7, 11) is -12.3. The van der Waals surface area contributed by atoms with Gasteiger partial charge >= 0.3 is 34.2 Å². The predicted octanol–water partition coefficient (Wildman–Crippen LogP) is 8.89. The van der Waals surface area contributed by atoms with E-state index >= 15 is 0 Å². The van der Waals surface area contributed by atoms with E-state index in [1.807, 2.05) is 0 Å². The maximum absolute atomic E-state index is 7.67. The van der Waals surface area contributed by atoms with Gasteiger partial charge in [0.15, 0.2) is 0 Å². The highest BCUT2D eigenvalue weighted by atomic mass is 28.5. The van der Waals surface area contributed by atoms with Crippen molar-refractivity contribution in [2.24, 2.45) is 0 Å². The fourth-order valence-electron chi connectivity index (χ4n) is 5.20. The van der Waals surface area contributed by atoms with E-state index in [1.54, 1.807) is 0 Å². The van der Waals surface area contributed by atoms with Crippen LogP contribution in [0, 0.1) is 0 Å². The first kappa shape index (κ1) is 42.6.